The van der Waals surface area contributed by atoms with Crippen LogP contribution in [-0.4, -0.2) is 32.3 Å². The van der Waals surface area contributed by atoms with E-state index in [1.165, 1.54) is 0 Å². The van der Waals surface area contributed by atoms with Crippen LogP contribution in [0.2, 0.25) is 0 Å². The van der Waals surface area contributed by atoms with E-state index in [9.17, 15) is 27.7 Å². The number of nitrogens with one attached hydrogen (secondary N) is 2. The Bertz CT molecular complexity index is 632. The highest BCUT2D eigenvalue weighted by molar-refractivity contribution is 7.89. The van der Waals surface area contributed by atoms with Gasteiger partial charge in [0, 0.05) is 6.54 Å². The Hall–Kier alpha value is -2.07. The Kier molecular flexibility index (Phi) is 5.11. The molecule has 0 unspecified atom stereocenters. The number of carbonyl (C=O) groups excluding carboxylic acids is 1. The Morgan fingerprint density at radius 2 is 2.10 bits per heavy atom. The highest BCUT2D eigenvalue weighted by atomic mass is 32.2. The van der Waals surface area contributed by atoms with Crippen LogP contribution < -0.4 is 10.0 Å². The van der Waals surface area contributed by atoms with Crippen molar-refractivity contribution in [2.75, 3.05) is 13.1 Å². The van der Waals surface area contributed by atoms with Crippen molar-refractivity contribution in [3.63, 3.8) is 0 Å². The van der Waals surface area contributed by atoms with Gasteiger partial charge in [0.2, 0.25) is 21.7 Å². The molecule has 0 saturated heterocycles. The summed E-state index contributed by atoms with van der Waals surface area (Å²) >= 11 is 0. The average Bonchev–Trinajstić information content (AvgIpc) is 2.36. The van der Waals surface area contributed by atoms with Gasteiger partial charge in [0.25, 0.3) is 0 Å². The molecule has 0 heterocycles. The molecule has 2 N–H and O–H groups in total. The topological polar surface area (TPSA) is 118 Å². The van der Waals surface area contributed by atoms with Gasteiger partial charge in [-0.3, -0.25) is 14.9 Å². The summed E-state index contributed by atoms with van der Waals surface area (Å²) in [6.07, 6.45) is 0. The first kappa shape index (κ1) is 16.0. The van der Waals surface area contributed by atoms with Crippen LogP contribution in [0.15, 0.2) is 23.1 Å². The fraction of sp³-hybridized carbons (Fsp3) is 0.300. The fourth-order valence-corrected chi connectivity index (χ4v) is 2.55. The number of hydrogen-bond donors (Lipinski definition) is 2. The number of nitro benzene ring substituents is 1. The van der Waals surface area contributed by atoms with Crippen LogP contribution in [0.3, 0.4) is 0 Å². The van der Waals surface area contributed by atoms with E-state index in [1.54, 1.807) is 6.92 Å². The zero-order valence-electron chi connectivity index (χ0n) is 10.4. The molecule has 0 fully saturated rings. The number of likely N-dealkylation sites (N-methyl/N-ethyl adjacent to an activating group) is 1. The van der Waals surface area contributed by atoms with Gasteiger partial charge in [0.1, 0.15) is 0 Å². The van der Waals surface area contributed by atoms with Gasteiger partial charge >= 0.3 is 5.69 Å². The number of sulfonamides is 1. The number of hydrogen-bond acceptors (Lipinski definition) is 5. The summed E-state index contributed by atoms with van der Waals surface area (Å²) in [6, 6.07) is 2.70. The minimum atomic E-state index is -4.36. The molecule has 8 nitrogen and oxygen atoms in total. The number of amides is 1. The van der Waals surface area contributed by atoms with Crippen LogP contribution in [0.5, 0.6) is 0 Å². The van der Waals surface area contributed by atoms with E-state index in [1.807, 2.05) is 4.72 Å². The van der Waals surface area contributed by atoms with Crippen LogP contribution in [0.4, 0.5) is 10.1 Å². The SMILES string of the molecule is CCNC(=O)CNS(=O)(=O)c1cccc(F)c1[N+](=O)[O-]. The Morgan fingerprint density at radius 1 is 1.45 bits per heavy atom. The molecule has 1 aromatic rings. The summed E-state index contributed by atoms with van der Waals surface area (Å²) in [5.41, 5.74) is -1.16. The number of nitro groups is 1. The number of halogens is 1. The lowest BCUT2D eigenvalue weighted by Crippen LogP contribution is -2.37. The van der Waals surface area contributed by atoms with E-state index < -0.39 is 43.8 Å². The first-order valence-corrected chi connectivity index (χ1v) is 6.97. The molecule has 0 atom stereocenters. The second-order valence-electron chi connectivity index (χ2n) is 3.62. The lowest BCUT2D eigenvalue weighted by Gasteiger charge is -2.07. The number of para-hydroxylation sites is 1. The van der Waals surface area contributed by atoms with Crippen molar-refractivity contribution < 1.29 is 22.5 Å². The molecule has 1 rings (SSSR count). The average molecular weight is 305 g/mol. The number of benzene rings is 1. The number of rotatable bonds is 6. The summed E-state index contributed by atoms with van der Waals surface area (Å²) in [4.78, 5) is 19.9. The number of carbonyl (C=O) groups is 1. The molecule has 1 aromatic carbocycles. The molecule has 110 valence electrons. The Morgan fingerprint density at radius 3 is 2.65 bits per heavy atom. The molecule has 0 spiro atoms. The molecular weight excluding hydrogens is 293 g/mol. The van der Waals surface area contributed by atoms with Crippen LogP contribution in [0, 0.1) is 15.9 Å². The minimum absolute atomic E-state index is 0.306. The predicted molar refractivity (Wildman–Crippen MR) is 66.9 cm³/mol. The molecule has 10 heteroatoms. The molecule has 0 aliphatic carbocycles. The largest absolute Gasteiger partial charge is 0.355 e. The van der Waals surface area contributed by atoms with Gasteiger partial charge in [-0.2, -0.15) is 4.39 Å². The molecule has 0 bridgehead atoms. The van der Waals surface area contributed by atoms with Gasteiger partial charge in [0.05, 0.1) is 11.5 Å². The van der Waals surface area contributed by atoms with E-state index in [4.69, 9.17) is 0 Å². The van der Waals surface area contributed by atoms with Crippen LogP contribution in [-0.2, 0) is 14.8 Å². The molecule has 0 saturated carbocycles. The summed E-state index contributed by atoms with van der Waals surface area (Å²) in [5, 5.41) is 13.1. The van der Waals surface area contributed by atoms with E-state index >= 15 is 0 Å². The third-order valence-electron chi connectivity index (χ3n) is 2.22. The van der Waals surface area contributed by atoms with E-state index in [0.29, 0.717) is 6.54 Å². The highest BCUT2D eigenvalue weighted by Crippen LogP contribution is 2.26. The van der Waals surface area contributed by atoms with Crippen molar-refractivity contribution in [3.05, 3.63) is 34.1 Å². The normalized spacial score (nSPS) is 11.1. The van der Waals surface area contributed by atoms with Gasteiger partial charge in [-0.25, -0.2) is 13.1 Å². The molecule has 0 aromatic heterocycles. The Balaban J connectivity index is 3.08. The summed E-state index contributed by atoms with van der Waals surface area (Å²) in [6.45, 7) is 1.36. The smallest absolute Gasteiger partial charge is 0.324 e. The van der Waals surface area contributed by atoms with Crippen molar-refractivity contribution in [2.24, 2.45) is 0 Å². The third kappa shape index (κ3) is 3.71. The van der Waals surface area contributed by atoms with Crippen molar-refractivity contribution in [1.82, 2.24) is 10.0 Å². The van der Waals surface area contributed by atoms with Gasteiger partial charge in [-0.1, -0.05) is 6.07 Å². The highest BCUT2D eigenvalue weighted by Gasteiger charge is 2.29. The van der Waals surface area contributed by atoms with E-state index in [-0.39, 0.29) is 0 Å². The van der Waals surface area contributed by atoms with Gasteiger partial charge in [-0.05, 0) is 19.1 Å². The Labute approximate surface area is 114 Å². The summed E-state index contributed by atoms with van der Waals surface area (Å²) in [5.74, 6) is -1.87. The zero-order chi connectivity index (χ0) is 15.3. The zero-order valence-corrected chi connectivity index (χ0v) is 11.2. The first-order valence-electron chi connectivity index (χ1n) is 5.49. The van der Waals surface area contributed by atoms with Crippen molar-refractivity contribution >= 4 is 21.6 Å². The molecular formula is C10H12FN3O5S. The van der Waals surface area contributed by atoms with Crippen molar-refractivity contribution in [3.8, 4) is 0 Å². The lowest BCUT2D eigenvalue weighted by molar-refractivity contribution is -0.390. The molecule has 20 heavy (non-hydrogen) atoms. The second kappa shape index (κ2) is 6.39. The van der Waals surface area contributed by atoms with Gasteiger partial charge in [0.15, 0.2) is 4.90 Å². The van der Waals surface area contributed by atoms with Crippen LogP contribution >= 0.6 is 0 Å². The maximum absolute atomic E-state index is 13.3. The second-order valence-corrected chi connectivity index (χ2v) is 5.36. The standard InChI is InChI=1S/C10H12FN3O5S/c1-2-12-9(15)6-13-20(18,19)8-5-3-4-7(11)10(8)14(16)17/h3-5,13H,2,6H2,1H3,(H,12,15). The lowest BCUT2D eigenvalue weighted by atomic mass is 10.3. The van der Waals surface area contributed by atoms with Crippen molar-refractivity contribution in [2.45, 2.75) is 11.8 Å². The summed E-state index contributed by atoms with van der Waals surface area (Å²) in [7, 11) is -4.36. The molecule has 0 aliphatic rings. The van der Waals surface area contributed by atoms with E-state index in [0.717, 1.165) is 18.2 Å². The first-order chi connectivity index (χ1) is 9.29. The maximum Gasteiger partial charge on any atom is 0.324 e. The minimum Gasteiger partial charge on any atom is -0.355 e. The number of nitrogens with zero attached hydrogens (tertiary/aromatic N) is 1. The quantitative estimate of drug-likeness (QED) is 0.573. The third-order valence-corrected chi connectivity index (χ3v) is 3.65. The summed E-state index contributed by atoms with van der Waals surface area (Å²) < 4.78 is 38.9. The molecule has 0 radical (unpaired) electrons. The van der Waals surface area contributed by atoms with Crippen LogP contribution in [0.25, 0.3) is 0 Å². The van der Waals surface area contributed by atoms with Gasteiger partial charge < -0.3 is 5.32 Å². The van der Waals surface area contributed by atoms with Crippen molar-refractivity contribution in [1.29, 1.82) is 0 Å². The molecule has 0 aliphatic heterocycles. The fourth-order valence-electron chi connectivity index (χ4n) is 1.39. The van der Waals surface area contributed by atoms with Crippen LogP contribution in [0.1, 0.15) is 6.92 Å². The monoisotopic (exact) mass is 305 g/mol. The van der Waals surface area contributed by atoms with Gasteiger partial charge in [-0.15, -0.1) is 0 Å². The molecule has 1 amide bonds. The predicted octanol–water partition coefficient (Wildman–Crippen LogP) is 0.148. The van der Waals surface area contributed by atoms with E-state index in [2.05, 4.69) is 5.32 Å². The maximum atomic E-state index is 13.3.